The monoisotopic (exact) mass is 353 g/mol. The molecule has 0 spiro atoms. The molecule has 128 valence electrons. The van der Waals surface area contributed by atoms with Gasteiger partial charge in [0, 0.05) is 5.69 Å². The maximum atomic E-state index is 12.0. The van der Waals surface area contributed by atoms with Gasteiger partial charge in [-0.2, -0.15) is 0 Å². The Morgan fingerprint density at radius 3 is 2.38 bits per heavy atom. The van der Waals surface area contributed by atoms with Crippen LogP contribution >= 0.6 is 0 Å². The minimum Gasteiger partial charge on any atom is -0.497 e. The van der Waals surface area contributed by atoms with Crippen molar-refractivity contribution in [2.24, 2.45) is 0 Å². The second-order valence-electron chi connectivity index (χ2n) is 4.88. The lowest BCUT2D eigenvalue weighted by Crippen LogP contribution is -2.23. The third-order valence-corrected chi connectivity index (χ3v) is 4.39. The number of amides is 1. The Morgan fingerprint density at radius 1 is 1.17 bits per heavy atom. The van der Waals surface area contributed by atoms with Crippen molar-refractivity contribution in [2.45, 2.75) is 5.75 Å². The molecule has 1 aromatic heterocycles. The number of furan rings is 1. The van der Waals surface area contributed by atoms with Crippen molar-refractivity contribution in [1.29, 1.82) is 0 Å². The average molecular weight is 353 g/mol. The zero-order valence-corrected chi connectivity index (χ0v) is 13.5. The fourth-order valence-corrected chi connectivity index (χ4v) is 3.07. The van der Waals surface area contributed by atoms with Crippen molar-refractivity contribution < 1.29 is 32.3 Å². The molecular formula is C15H15NO7S. The number of carbonyl (C=O) groups excluding carboxylic acids is 1. The van der Waals surface area contributed by atoms with Gasteiger partial charge in [-0.1, -0.05) is 0 Å². The predicted molar refractivity (Wildman–Crippen MR) is 84.8 cm³/mol. The second-order valence-corrected chi connectivity index (χ2v) is 6.94. The molecule has 0 aliphatic heterocycles. The summed E-state index contributed by atoms with van der Waals surface area (Å²) in [5.41, 5.74) is 0.433. The summed E-state index contributed by atoms with van der Waals surface area (Å²) in [5.74, 6) is -3.10. The molecule has 0 fully saturated rings. The maximum absolute atomic E-state index is 12.0. The quantitative estimate of drug-likeness (QED) is 0.774. The topological polar surface area (TPSA) is 123 Å². The largest absolute Gasteiger partial charge is 0.497 e. The zero-order chi connectivity index (χ0) is 17.7. The van der Waals surface area contributed by atoms with Gasteiger partial charge in [-0.05, 0) is 36.4 Å². The van der Waals surface area contributed by atoms with E-state index in [0.717, 1.165) is 6.07 Å². The summed E-state index contributed by atoms with van der Waals surface area (Å²) < 4.78 is 33.8. The summed E-state index contributed by atoms with van der Waals surface area (Å²) in [6.07, 6.45) is 0. The van der Waals surface area contributed by atoms with Gasteiger partial charge in [-0.3, -0.25) is 4.79 Å². The summed E-state index contributed by atoms with van der Waals surface area (Å²) >= 11 is 0. The first-order chi connectivity index (χ1) is 11.3. The second kappa shape index (κ2) is 7.18. The SMILES string of the molecule is COc1ccc(NC(=O)CS(=O)(=O)Cc2ccc(C(=O)O)o2)cc1. The smallest absolute Gasteiger partial charge is 0.371 e. The van der Waals surface area contributed by atoms with E-state index in [1.165, 1.54) is 13.2 Å². The maximum Gasteiger partial charge on any atom is 0.371 e. The van der Waals surface area contributed by atoms with Gasteiger partial charge in [0.25, 0.3) is 0 Å². The lowest BCUT2D eigenvalue weighted by atomic mass is 10.3. The molecule has 1 aromatic carbocycles. The zero-order valence-electron chi connectivity index (χ0n) is 12.7. The van der Waals surface area contributed by atoms with E-state index in [1.807, 2.05) is 0 Å². The van der Waals surface area contributed by atoms with E-state index in [2.05, 4.69) is 5.32 Å². The van der Waals surface area contributed by atoms with Crippen molar-refractivity contribution in [1.82, 2.24) is 0 Å². The number of carboxylic acids is 1. The normalized spacial score (nSPS) is 11.0. The molecule has 9 heteroatoms. The number of nitrogens with one attached hydrogen (secondary N) is 1. The van der Waals surface area contributed by atoms with Crippen LogP contribution in [0.1, 0.15) is 16.3 Å². The number of hydrogen-bond donors (Lipinski definition) is 2. The molecule has 2 rings (SSSR count). The van der Waals surface area contributed by atoms with Crippen LogP contribution in [0.3, 0.4) is 0 Å². The van der Waals surface area contributed by atoms with E-state index in [4.69, 9.17) is 14.3 Å². The highest BCUT2D eigenvalue weighted by Gasteiger charge is 2.20. The minimum atomic E-state index is -3.80. The van der Waals surface area contributed by atoms with Gasteiger partial charge in [0.15, 0.2) is 9.84 Å². The third-order valence-electron chi connectivity index (χ3n) is 2.96. The first kappa shape index (κ1) is 17.5. The number of rotatable bonds is 7. The highest BCUT2D eigenvalue weighted by Crippen LogP contribution is 2.16. The van der Waals surface area contributed by atoms with Gasteiger partial charge in [-0.15, -0.1) is 0 Å². The Hall–Kier alpha value is -2.81. The number of ether oxygens (including phenoxy) is 1. The number of hydrogen-bond acceptors (Lipinski definition) is 6. The predicted octanol–water partition coefficient (Wildman–Crippen LogP) is 1.54. The Bertz CT molecular complexity index is 837. The van der Waals surface area contributed by atoms with E-state index in [-0.39, 0.29) is 11.5 Å². The van der Waals surface area contributed by atoms with Crippen LogP contribution in [-0.4, -0.2) is 38.3 Å². The summed E-state index contributed by atoms with van der Waals surface area (Å²) in [5, 5.41) is 11.2. The highest BCUT2D eigenvalue weighted by atomic mass is 32.2. The molecule has 2 aromatic rings. The molecule has 0 atom stereocenters. The number of benzene rings is 1. The number of aromatic carboxylic acids is 1. The Morgan fingerprint density at radius 2 is 1.83 bits per heavy atom. The van der Waals surface area contributed by atoms with E-state index in [0.29, 0.717) is 11.4 Å². The van der Waals surface area contributed by atoms with Gasteiger partial charge >= 0.3 is 5.97 Å². The number of sulfone groups is 1. The molecule has 0 saturated heterocycles. The van der Waals surface area contributed by atoms with Gasteiger partial charge in [-0.25, -0.2) is 13.2 Å². The van der Waals surface area contributed by atoms with E-state index < -0.39 is 33.2 Å². The van der Waals surface area contributed by atoms with Crippen LogP contribution < -0.4 is 10.1 Å². The first-order valence-electron chi connectivity index (χ1n) is 6.75. The lowest BCUT2D eigenvalue weighted by molar-refractivity contribution is -0.113. The molecule has 8 nitrogen and oxygen atoms in total. The van der Waals surface area contributed by atoms with Crippen molar-refractivity contribution in [2.75, 3.05) is 18.2 Å². The molecule has 2 N–H and O–H groups in total. The van der Waals surface area contributed by atoms with E-state index >= 15 is 0 Å². The van der Waals surface area contributed by atoms with Gasteiger partial charge in [0.05, 0.1) is 7.11 Å². The lowest BCUT2D eigenvalue weighted by Gasteiger charge is -2.06. The standard InChI is InChI=1S/C15H15NO7S/c1-22-11-4-2-10(3-5-11)16-14(17)9-24(20,21)8-12-6-7-13(23-12)15(18)19/h2-7H,8-9H2,1H3,(H,16,17)(H,18,19). The fraction of sp³-hybridized carbons (Fsp3) is 0.200. The number of carboxylic acid groups (broad SMARTS) is 1. The highest BCUT2D eigenvalue weighted by molar-refractivity contribution is 7.91. The Balaban J connectivity index is 1.96. The number of methoxy groups -OCH3 is 1. The molecule has 1 amide bonds. The molecule has 0 saturated carbocycles. The molecule has 0 radical (unpaired) electrons. The summed E-state index contributed by atoms with van der Waals surface area (Å²) in [6.45, 7) is 0. The van der Waals surface area contributed by atoms with Crippen LogP contribution in [0.4, 0.5) is 5.69 Å². The minimum absolute atomic E-state index is 0.0374. The molecule has 1 heterocycles. The summed E-state index contributed by atoms with van der Waals surface area (Å²) in [6, 6.07) is 8.82. The summed E-state index contributed by atoms with van der Waals surface area (Å²) in [7, 11) is -2.30. The van der Waals surface area contributed by atoms with Crippen LogP contribution in [0.25, 0.3) is 0 Å². The van der Waals surface area contributed by atoms with Gasteiger partial charge < -0.3 is 19.6 Å². The van der Waals surface area contributed by atoms with Crippen LogP contribution in [0.2, 0.25) is 0 Å². The Labute approximate surface area is 138 Å². The van der Waals surface area contributed by atoms with Crippen molar-refractivity contribution in [3.8, 4) is 5.75 Å². The molecule has 24 heavy (non-hydrogen) atoms. The van der Waals surface area contributed by atoms with Gasteiger partial charge in [0.2, 0.25) is 11.7 Å². The summed E-state index contributed by atoms with van der Waals surface area (Å²) in [4.78, 5) is 22.5. The molecule has 0 aliphatic rings. The van der Waals surface area contributed by atoms with Crippen LogP contribution in [0, 0.1) is 0 Å². The van der Waals surface area contributed by atoms with Crippen molar-refractivity contribution >= 4 is 27.4 Å². The van der Waals surface area contributed by atoms with Crippen LogP contribution in [0.15, 0.2) is 40.8 Å². The third kappa shape index (κ3) is 4.85. The van der Waals surface area contributed by atoms with Crippen molar-refractivity contribution in [3.63, 3.8) is 0 Å². The molecule has 0 unspecified atom stereocenters. The van der Waals surface area contributed by atoms with Crippen LogP contribution in [-0.2, 0) is 20.4 Å². The van der Waals surface area contributed by atoms with Gasteiger partial charge in [0.1, 0.15) is 23.0 Å². The van der Waals surface area contributed by atoms with Crippen molar-refractivity contribution in [3.05, 3.63) is 47.9 Å². The molecule has 0 bridgehead atoms. The first-order valence-corrected chi connectivity index (χ1v) is 8.57. The molecule has 0 aliphatic carbocycles. The number of carbonyl (C=O) groups is 2. The average Bonchev–Trinajstić information content (AvgIpc) is 2.95. The fourth-order valence-electron chi connectivity index (χ4n) is 1.91. The van der Waals surface area contributed by atoms with Crippen LogP contribution in [0.5, 0.6) is 5.75 Å². The molecular weight excluding hydrogens is 338 g/mol. The van der Waals surface area contributed by atoms with E-state index in [9.17, 15) is 18.0 Å². The van der Waals surface area contributed by atoms with E-state index in [1.54, 1.807) is 24.3 Å². The Kier molecular flexibility index (Phi) is 5.24. The number of anilines is 1.